The van der Waals surface area contributed by atoms with Gasteiger partial charge in [-0.2, -0.15) is 0 Å². The zero-order valence-electron chi connectivity index (χ0n) is 23.9. The number of para-hydroxylation sites is 1. The summed E-state index contributed by atoms with van der Waals surface area (Å²) >= 11 is 0. The number of hydrogen-bond donors (Lipinski definition) is 1. The predicted molar refractivity (Wildman–Crippen MR) is 155 cm³/mol. The Hall–Kier alpha value is -4.10. The highest BCUT2D eigenvalue weighted by molar-refractivity contribution is 6.46. The van der Waals surface area contributed by atoms with Gasteiger partial charge in [0.15, 0.2) is 0 Å². The Balaban J connectivity index is 1.86. The van der Waals surface area contributed by atoms with Gasteiger partial charge in [0.25, 0.3) is 11.7 Å². The second-order valence-corrected chi connectivity index (χ2v) is 11.1. The van der Waals surface area contributed by atoms with Gasteiger partial charge in [-0.1, -0.05) is 57.2 Å². The molecule has 0 saturated carbocycles. The summed E-state index contributed by atoms with van der Waals surface area (Å²) in [5.41, 5.74) is 1.71. The fourth-order valence-corrected chi connectivity index (χ4v) is 4.72. The van der Waals surface area contributed by atoms with Crippen molar-refractivity contribution in [3.63, 3.8) is 0 Å². The maximum Gasteiger partial charge on any atom is 0.295 e. The van der Waals surface area contributed by atoms with Crippen LogP contribution in [-0.4, -0.2) is 48.1 Å². The lowest BCUT2D eigenvalue weighted by molar-refractivity contribution is -0.140. The molecule has 1 atom stereocenters. The number of likely N-dealkylation sites (tertiary alicyclic amines) is 1. The molecule has 1 aliphatic rings. The van der Waals surface area contributed by atoms with Crippen LogP contribution in [0.4, 0.5) is 0 Å². The number of methoxy groups -OCH3 is 1. The van der Waals surface area contributed by atoms with Gasteiger partial charge < -0.3 is 24.2 Å². The van der Waals surface area contributed by atoms with Crippen molar-refractivity contribution in [2.24, 2.45) is 0 Å². The molecular weight excluding hydrogens is 506 g/mol. The van der Waals surface area contributed by atoms with Gasteiger partial charge in [-0.3, -0.25) is 9.59 Å². The maximum atomic E-state index is 13.5. The average molecular weight is 544 g/mol. The summed E-state index contributed by atoms with van der Waals surface area (Å²) in [6.07, 6.45) is -0.0396. The minimum atomic E-state index is -0.849. The summed E-state index contributed by atoms with van der Waals surface area (Å²) in [7, 11) is 1.51. The van der Waals surface area contributed by atoms with E-state index in [1.165, 1.54) is 12.0 Å². The lowest BCUT2D eigenvalue weighted by Gasteiger charge is -2.26. The average Bonchev–Trinajstić information content (AvgIpc) is 3.17. The Morgan fingerprint density at radius 1 is 0.950 bits per heavy atom. The molecule has 1 saturated heterocycles. The number of benzene rings is 3. The summed E-state index contributed by atoms with van der Waals surface area (Å²) in [5.74, 6) is -0.139. The zero-order chi connectivity index (χ0) is 29.0. The molecule has 3 aromatic carbocycles. The van der Waals surface area contributed by atoms with E-state index in [1.54, 1.807) is 24.3 Å². The van der Waals surface area contributed by atoms with Crippen LogP contribution >= 0.6 is 0 Å². The van der Waals surface area contributed by atoms with E-state index in [1.807, 2.05) is 62.4 Å². The molecule has 4 rings (SSSR count). The maximum absolute atomic E-state index is 13.5. The second kappa shape index (κ2) is 12.0. The van der Waals surface area contributed by atoms with Crippen molar-refractivity contribution in [1.82, 2.24) is 4.90 Å². The Kier molecular flexibility index (Phi) is 8.64. The van der Waals surface area contributed by atoms with E-state index in [0.717, 1.165) is 5.56 Å². The number of hydrogen-bond acceptors (Lipinski definition) is 6. The normalized spacial score (nSPS) is 17.0. The second-order valence-electron chi connectivity index (χ2n) is 11.1. The molecule has 1 amide bonds. The van der Waals surface area contributed by atoms with Crippen molar-refractivity contribution in [3.05, 3.63) is 95.1 Å². The van der Waals surface area contributed by atoms with Gasteiger partial charge in [-0.25, -0.2) is 0 Å². The van der Waals surface area contributed by atoms with Crippen molar-refractivity contribution in [2.75, 3.05) is 20.3 Å². The minimum Gasteiger partial charge on any atom is -0.507 e. The monoisotopic (exact) mass is 543 g/mol. The number of ether oxygens (including phenoxy) is 3. The number of rotatable bonds is 9. The molecule has 210 valence electrons. The first-order valence-electron chi connectivity index (χ1n) is 13.4. The molecular formula is C33H37NO6. The molecule has 0 aliphatic carbocycles. The van der Waals surface area contributed by atoms with Gasteiger partial charge >= 0.3 is 0 Å². The molecule has 1 heterocycles. The van der Waals surface area contributed by atoms with Gasteiger partial charge in [0.05, 0.1) is 37.0 Å². The highest BCUT2D eigenvalue weighted by Crippen LogP contribution is 2.42. The molecule has 0 spiro atoms. The van der Waals surface area contributed by atoms with E-state index in [9.17, 15) is 14.7 Å². The first kappa shape index (κ1) is 28.9. The van der Waals surface area contributed by atoms with Crippen LogP contribution in [0.15, 0.2) is 78.4 Å². The van der Waals surface area contributed by atoms with E-state index >= 15 is 0 Å². The first-order chi connectivity index (χ1) is 19.0. The largest absolute Gasteiger partial charge is 0.507 e. The van der Waals surface area contributed by atoms with Crippen LogP contribution < -0.4 is 9.47 Å². The van der Waals surface area contributed by atoms with Gasteiger partial charge in [-0.05, 0) is 66.8 Å². The Morgan fingerprint density at radius 2 is 1.65 bits per heavy atom. The van der Waals surface area contributed by atoms with Crippen LogP contribution in [0.1, 0.15) is 57.4 Å². The third-order valence-corrected chi connectivity index (χ3v) is 6.80. The fraction of sp³-hybridized carbons (Fsp3) is 0.333. The molecule has 0 aromatic heterocycles. The number of aliphatic hydroxyl groups excluding tert-OH is 1. The number of ketones is 1. The fourth-order valence-electron chi connectivity index (χ4n) is 4.72. The number of carbonyl (C=O) groups excluding carboxylic acids is 2. The molecule has 3 aromatic rings. The first-order valence-corrected chi connectivity index (χ1v) is 13.4. The summed E-state index contributed by atoms with van der Waals surface area (Å²) in [4.78, 5) is 28.4. The standard InChI is InChI=1S/C33H37NO6/c1-21(2)39-18-17-34-29(22-11-10-14-25(19-22)40-24-12-8-7-9-13-24)28(31(36)32(34)37)30(35)26-20-23(33(3,4)5)15-16-27(26)38-6/h7-16,19-21,29,35H,17-18H2,1-6H3/b30-28+. The highest BCUT2D eigenvalue weighted by Gasteiger charge is 2.46. The van der Waals surface area contributed by atoms with Crippen molar-refractivity contribution in [3.8, 4) is 17.2 Å². The SMILES string of the molecule is COc1ccc(C(C)(C)C)cc1/C(O)=C1\C(=O)C(=O)N(CCOC(C)C)C1c1cccc(Oc2ccccc2)c1. The third kappa shape index (κ3) is 6.20. The quantitative estimate of drug-likeness (QED) is 0.185. The number of Topliss-reactive ketones (excluding diaryl/α,β-unsaturated/α-hetero) is 1. The number of nitrogens with zero attached hydrogens (tertiary/aromatic N) is 1. The third-order valence-electron chi connectivity index (χ3n) is 6.80. The van der Waals surface area contributed by atoms with Crippen LogP contribution in [-0.2, 0) is 19.7 Å². The Morgan fingerprint density at radius 3 is 2.30 bits per heavy atom. The summed E-state index contributed by atoms with van der Waals surface area (Å²) in [6, 6.07) is 21.2. The minimum absolute atomic E-state index is 0.00392. The van der Waals surface area contributed by atoms with E-state index in [0.29, 0.717) is 28.4 Å². The van der Waals surface area contributed by atoms with Crippen LogP contribution in [0, 0.1) is 0 Å². The van der Waals surface area contributed by atoms with Crippen LogP contribution in [0.25, 0.3) is 5.76 Å². The van der Waals surface area contributed by atoms with E-state index in [4.69, 9.17) is 14.2 Å². The molecule has 1 fully saturated rings. The van der Waals surface area contributed by atoms with Crippen LogP contribution in [0.2, 0.25) is 0 Å². The molecule has 7 nitrogen and oxygen atoms in total. The Labute approximate surface area is 236 Å². The molecule has 1 aliphatic heterocycles. The molecule has 7 heteroatoms. The van der Waals surface area contributed by atoms with Gasteiger partial charge in [-0.15, -0.1) is 0 Å². The summed E-state index contributed by atoms with van der Waals surface area (Å²) in [5, 5.41) is 11.7. The topological polar surface area (TPSA) is 85.3 Å². The summed E-state index contributed by atoms with van der Waals surface area (Å²) in [6.45, 7) is 10.4. The van der Waals surface area contributed by atoms with E-state index in [-0.39, 0.29) is 36.0 Å². The number of aliphatic hydroxyl groups is 1. The molecule has 40 heavy (non-hydrogen) atoms. The van der Waals surface area contributed by atoms with Crippen molar-refractivity contribution in [2.45, 2.75) is 52.2 Å². The van der Waals surface area contributed by atoms with Crippen LogP contribution in [0.5, 0.6) is 17.2 Å². The van der Waals surface area contributed by atoms with E-state index in [2.05, 4.69) is 20.8 Å². The smallest absolute Gasteiger partial charge is 0.295 e. The van der Waals surface area contributed by atoms with Crippen molar-refractivity contribution < 1.29 is 28.9 Å². The molecule has 0 radical (unpaired) electrons. The lowest BCUT2D eigenvalue weighted by Crippen LogP contribution is -2.33. The molecule has 1 unspecified atom stereocenters. The zero-order valence-corrected chi connectivity index (χ0v) is 23.9. The molecule has 0 bridgehead atoms. The van der Waals surface area contributed by atoms with Gasteiger partial charge in [0, 0.05) is 6.54 Å². The molecule has 1 N–H and O–H groups in total. The Bertz CT molecular complexity index is 1400. The number of amides is 1. The number of carbonyl (C=O) groups is 2. The summed E-state index contributed by atoms with van der Waals surface area (Å²) < 4.78 is 17.3. The van der Waals surface area contributed by atoms with Crippen LogP contribution in [0.3, 0.4) is 0 Å². The predicted octanol–water partition coefficient (Wildman–Crippen LogP) is 6.63. The van der Waals surface area contributed by atoms with Gasteiger partial charge in [0.1, 0.15) is 23.0 Å². The van der Waals surface area contributed by atoms with E-state index < -0.39 is 17.7 Å². The van der Waals surface area contributed by atoms with Gasteiger partial charge in [0.2, 0.25) is 0 Å². The lowest BCUT2D eigenvalue weighted by atomic mass is 9.85. The highest BCUT2D eigenvalue weighted by atomic mass is 16.5. The van der Waals surface area contributed by atoms with Crippen molar-refractivity contribution in [1.29, 1.82) is 0 Å². The van der Waals surface area contributed by atoms with Crippen molar-refractivity contribution >= 4 is 17.4 Å².